The van der Waals surface area contributed by atoms with Crippen molar-refractivity contribution in [2.45, 2.75) is 63.4 Å². The number of ether oxygens (including phenoxy) is 2. The molecule has 0 radical (unpaired) electrons. The molecule has 0 aliphatic carbocycles. The lowest BCUT2D eigenvalue weighted by Gasteiger charge is -2.24. The largest absolute Gasteiger partial charge is 0.491 e. The molecular formula is C29H39N3O4. The van der Waals surface area contributed by atoms with E-state index in [9.17, 15) is 9.90 Å². The zero-order chi connectivity index (χ0) is 24.7. The minimum atomic E-state index is -0.756. The number of nitrogens with zero attached hydrogens (tertiary/aromatic N) is 2. The minimum absolute atomic E-state index is 0.0547. The summed E-state index contributed by atoms with van der Waals surface area (Å²) in [6.07, 6.45) is 8.00. The number of fused-ring (bicyclic) bond motifs is 1. The van der Waals surface area contributed by atoms with Crippen LogP contribution in [0.25, 0.3) is 0 Å². The Labute approximate surface area is 214 Å². The molecule has 5 rings (SSSR count). The van der Waals surface area contributed by atoms with Gasteiger partial charge in [-0.25, -0.2) is 4.98 Å². The first-order valence-corrected chi connectivity index (χ1v) is 13.6. The SMILES string of the molecule is O=C(O)C[C@@H](CN1CC[C@@H](CCc2ccc3c(n2)NCCC3)C1)c1cccc(OC[C@H]2CCCO2)c1. The second-order valence-corrected chi connectivity index (χ2v) is 10.6. The van der Waals surface area contributed by atoms with Gasteiger partial charge in [-0.05, 0) is 86.7 Å². The Morgan fingerprint density at radius 1 is 1.25 bits per heavy atom. The minimum Gasteiger partial charge on any atom is -0.491 e. The number of pyridine rings is 1. The van der Waals surface area contributed by atoms with Crippen molar-refractivity contribution < 1.29 is 19.4 Å². The number of hydrogen-bond acceptors (Lipinski definition) is 6. The van der Waals surface area contributed by atoms with E-state index >= 15 is 0 Å². The molecule has 0 spiro atoms. The molecule has 0 unspecified atom stereocenters. The van der Waals surface area contributed by atoms with Gasteiger partial charge in [-0.15, -0.1) is 0 Å². The van der Waals surface area contributed by atoms with E-state index in [2.05, 4.69) is 22.3 Å². The number of carboxylic acids is 1. The number of aromatic nitrogens is 1. The Morgan fingerprint density at radius 2 is 2.19 bits per heavy atom. The van der Waals surface area contributed by atoms with Crippen molar-refractivity contribution >= 4 is 11.8 Å². The lowest BCUT2D eigenvalue weighted by molar-refractivity contribution is -0.137. The van der Waals surface area contributed by atoms with Crippen molar-refractivity contribution in [2.75, 3.05) is 44.7 Å². The van der Waals surface area contributed by atoms with Crippen LogP contribution in [0.15, 0.2) is 36.4 Å². The van der Waals surface area contributed by atoms with Crippen molar-refractivity contribution in [3.63, 3.8) is 0 Å². The average Bonchev–Trinajstić information content (AvgIpc) is 3.58. The molecule has 0 amide bonds. The molecule has 3 aliphatic rings. The Bertz CT molecular complexity index is 1020. The first-order chi connectivity index (χ1) is 17.6. The summed E-state index contributed by atoms with van der Waals surface area (Å²) in [4.78, 5) is 19.0. The van der Waals surface area contributed by atoms with Crippen LogP contribution in [0.4, 0.5) is 5.82 Å². The predicted octanol–water partition coefficient (Wildman–Crippen LogP) is 4.51. The number of nitrogens with one attached hydrogen (secondary N) is 1. The smallest absolute Gasteiger partial charge is 0.304 e. The van der Waals surface area contributed by atoms with Gasteiger partial charge in [0.05, 0.1) is 12.5 Å². The van der Waals surface area contributed by atoms with Crippen LogP contribution in [0.1, 0.15) is 61.3 Å². The molecule has 36 heavy (non-hydrogen) atoms. The van der Waals surface area contributed by atoms with Crippen LogP contribution in [0.5, 0.6) is 5.75 Å². The predicted molar refractivity (Wildman–Crippen MR) is 140 cm³/mol. The van der Waals surface area contributed by atoms with Gasteiger partial charge in [0.2, 0.25) is 0 Å². The third kappa shape index (κ3) is 6.77. The maximum absolute atomic E-state index is 11.7. The molecule has 7 nitrogen and oxygen atoms in total. The second kappa shape index (κ2) is 12.1. The number of benzene rings is 1. The lowest BCUT2D eigenvalue weighted by Crippen LogP contribution is -2.28. The van der Waals surface area contributed by atoms with Crippen LogP contribution in [0, 0.1) is 5.92 Å². The van der Waals surface area contributed by atoms with E-state index < -0.39 is 5.97 Å². The fourth-order valence-corrected chi connectivity index (χ4v) is 5.81. The van der Waals surface area contributed by atoms with E-state index in [0.717, 1.165) is 88.4 Å². The number of rotatable bonds is 11. The summed E-state index contributed by atoms with van der Waals surface area (Å²) in [6.45, 7) is 5.19. The maximum Gasteiger partial charge on any atom is 0.304 e. The van der Waals surface area contributed by atoms with Crippen LogP contribution in [-0.2, 0) is 22.4 Å². The molecule has 2 saturated heterocycles. The highest BCUT2D eigenvalue weighted by molar-refractivity contribution is 5.68. The third-order valence-corrected chi connectivity index (χ3v) is 7.82. The molecule has 2 aromatic rings. The molecular weight excluding hydrogens is 454 g/mol. The van der Waals surface area contributed by atoms with Crippen LogP contribution >= 0.6 is 0 Å². The number of aryl methyl sites for hydroxylation is 2. The van der Waals surface area contributed by atoms with Crippen LogP contribution < -0.4 is 10.1 Å². The molecule has 2 fully saturated rings. The number of likely N-dealkylation sites (tertiary alicyclic amines) is 1. The monoisotopic (exact) mass is 493 g/mol. The number of carboxylic acid groups (broad SMARTS) is 1. The average molecular weight is 494 g/mol. The number of aliphatic carboxylic acids is 1. The summed E-state index contributed by atoms with van der Waals surface area (Å²) in [6, 6.07) is 12.4. The normalized spacial score (nSPS) is 22.7. The van der Waals surface area contributed by atoms with Gasteiger partial charge in [0, 0.05) is 37.9 Å². The molecule has 0 bridgehead atoms. The van der Waals surface area contributed by atoms with E-state index in [1.54, 1.807) is 0 Å². The second-order valence-electron chi connectivity index (χ2n) is 10.6. The number of hydrogen-bond donors (Lipinski definition) is 2. The van der Waals surface area contributed by atoms with E-state index in [1.165, 1.54) is 17.7 Å². The zero-order valence-corrected chi connectivity index (χ0v) is 21.2. The number of anilines is 1. The van der Waals surface area contributed by atoms with Gasteiger partial charge in [0.25, 0.3) is 0 Å². The third-order valence-electron chi connectivity index (χ3n) is 7.82. The van der Waals surface area contributed by atoms with Gasteiger partial charge in [0.1, 0.15) is 18.2 Å². The molecule has 1 aromatic carbocycles. The highest BCUT2D eigenvalue weighted by atomic mass is 16.5. The van der Waals surface area contributed by atoms with E-state index in [1.807, 2.05) is 24.3 Å². The molecule has 4 heterocycles. The van der Waals surface area contributed by atoms with Gasteiger partial charge < -0.3 is 24.8 Å². The van der Waals surface area contributed by atoms with Crippen LogP contribution in [0.2, 0.25) is 0 Å². The Balaban J connectivity index is 1.14. The maximum atomic E-state index is 11.7. The highest BCUT2D eigenvalue weighted by Crippen LogP contribution is 2.29. The van der Waals surface area contributed by atoms with E-state index in [-0.39, 0.29) is 18.4 Å². The quantitative estimate of drug-likeness (QED) is 0.476. The Kier molecular flexibility index (Phi) is 8.39. The van der Waals surface area contributed by atoms with Gasteiger partial charge in [-0.3, -0.25) is 4.79 Å². The van der Waals surface area contributed by atoms with Crippen molar-refractivity contribution in [1.82, 2.24) is 9.88 Å². The van der Waals surface area contributed by atoms with Crippen molar-refractivity contribution in [3.05, 3.63) is 53.2 Å². The van der Waals surface area contributed by atoms with Gasteiger partial charge in [0.15, 0.2) is 0 Å². The fourth-order valence-electron chi connectivity index (χ4n) is 5.81. The van der Waals surface area contributed by atoms with Crippen LogP contribution in [-0.4, -0.2) is 66.5 Å². The zero-order valence-electron chi connectivity index (χ0n) is 21.2. The van der Waals surface area contributed by atoms with Gasteiger partial charge >= 0.3 is 5.97 Å². The van der Waals surface area contributed by atoms with E-state index in [0.29, 0.717) is 12.5 Å². The van der Waals surface area contributed by atoms with Crippen molar-refractivity contribution in [3.8, 4) is 5.75 Å². The van der Waals surface area contributed by atoms with E-state index in [4.69, 9.17) is 14.5 Å². The first kappa shape index (κ1) is 25.0. The Hall–Kier alpha value is -2.64. The molecule has 0 saturated carbocycles. The highest BCUT2D eigenvalue weighted by Gasteiger charge is 2.27. The topological polar surface area (TPSA) is 83.9 Å². The van der Waals surface area contributed by atoms with Crippen molar-refractivity contribution in [2.24, 2.45) is 5.92 Å². The number of carbonyl (C=O) groups is 1. The molecule has 7 heteroatoms. The fraction of sp³-hybridized carbons (Fsp3) is 0.586. The molecule has 194 valence electrons. The molecule has 1 aromatic heterocycles. The van der Waals surface area contributed by atoms with Crippen molar-refractivity contribution in [1.29, 1.82) is 0 Å². The Morgan fingerprint density at radius 3 is 3.06 bits per heavy atom. The van der Waals surface area contributed by atoms with Gasteiger partial charge in [-0.1, -0.05) is 18.2 Å². The molecule has 3 atom stereocenters. The summed E-state index contributed by atoms with van der Waals surface area (Å²) in [7, 11) is 0. The first-order valence-electron chi connectivity index (χ1n) is 13.6. The van der Waals surface area contributed by atoms with Gasteiger partial charge in [-0.2, -0.15) is 0 Å². The summed E-state index contributed by atoms with van der Waals surface area (Å²) in [5, 5.41) is 13.0. The van der Waals surface area contributed by atoms with Crippen LogP contribution in [0.3, 0.4) is 0 Å². The molecule has 2 N–H and O–H groups in total. The summed E-state index contributed by atoms with van der Waals surface area (Å²) in [5.41, 5.74) is 3.55. The summed E-state index contributed by atoms with van der Waals surface area (Å²) in [5.74, 6) is 1.69. The molecule has 3 aliphatic heterocycles. The standard InChI is InChI=1S/C29H39N3O4/c33-28(34)17-24(23-4-1-6-26(16-23)36-20-27-7-3-15-35-27)19-32-14-12-21(18-32)8-10-25-11-9-22-5-2-13-30-29(22)31-25/h1,4,6,9,11,16,21,24,27H,2-3,5,7-8,10,12-15,17-20H2,(H,30,31)(H,33,34)/t21-,24+,27-/m1/s1. The summed E-state index contributed by atoms with van der Waals surface area (Å²) >= 11 is 0. The lowest BCUT2D eigenvalue weighted by atomic mass is 9.94. The summed E-state index contributed by atoms with van der Waals surface area (Å²) < 4.78 is 11.6.